The zero-order chi connectivity index (χ0) is 22.4. The van der Waals surface area contributed by atoms with Gasteiger partial charge in [0, 0.05) is 36.7 Å². The molecule has 2 aliphatic heterocycles. The molecule has 1 aromatic heterocycles. The summed E-state index contributed by atoms with van der Waals surface area (Å²) in [6, 6.07) is 12.9. The number of carbonyl (C=O) groups is 3. The van der Waals surface area contributed by atoms with Crippen molar-refractivity contribution in [3.8, 4) is 28.1 Å². The molecule has 8 nitrogen and oxygen atoms in total. The molecule has 0 aliphatic carbocycles. The Morgan fingerprint density at radius 2 is 1.78 bits per heavy atom. The molecule has 2 aromatic carbocycles. The van der Waals surface area contributed by atoms with Crippen LogP contribution in [-0.4, -0.2) is 45.6 Å². The van der Waals surface area contributed by atoms with Crippen LogP contribution in [0.1, 0.15) is 28.8 Å². The molecule has 2 aliphatic rings. The van der Waals surface area contributed by atoms with Crippen LogP contribution in [0.3, 0.4) is 0 Å². The van der Waals surface area contributed by atoms with Crippen molar-refractivity contribution in [2.75, 3.05) is 7.11 Å². The number of fused-ring (bicyclic) bond motifs is 1. The van der Waals surface area contributed by atoms with Gasteiger partial charge in [-0.15, -0.1) is 0 Å². The molecule has 3 aromatic rings. The second kappa shape index (κ2) is 7.64. The summed E-state index contributed by atoms with van der Waals surface area (Å²) in [4.78, 5) is 38.3. The molecule has 3 amide bonds. The van der Waals surface area contributed by atoms with Crippen LogP contribution in [0.25, 0.3) is 22.4 Å². The monoisotopic (exact) mass is 430 g/mol. The van der Waals surface area contributed by atoms with Crippen molar-refractivity contribution in [1.82, 2.24) is 20.0 Å². The second-order valence-corrected chi connectivity index (χ2v) is 8.03. The molecule has 0 bridgehead atoms. The van der Waals surface area contributed by atoms with E-state index in [0.717, 1.165) is 33.7 Å². The largest absolute Gasteiger partial charge is 0.497 e. The number of hydrogen-bond acceptors (Lipinski definition) is 5. The summed E-state index contributed by atoms with van der Waals surface area (Å²) in [5, 5.41) is 6.78. The number of aromatic nitrogens is 2. The van der Waals surface area contributed by atoms with Crippen LogP contribution in [0.5, 0.6) is 5.75 Å². The van der Waals surface area contributed by atoms with Crippen molar-refractivity contribution in [2.24, 2.45) is 7.05 Å². The number of benzene rings is 2. The first kappa shape index (κ1) is 20.0. The average molecular weight is 430 g/mol. The minimum absolute atomic E-state index is 0.178. The molecule has 0 spiro atoms. The molecule has 32 heavy (non-hydrogen) atoms. The maximum absolute atomic E-state index is 13.0. The van der Waals surface area contributed by atoms with Gasteiger partial charge in [-0.1, -0.05) is 6.07 Å². The summed E-state index contributed by atoms with van der Waals surface area (Å²) in [5.74, 6) is -0.0957. The number of imide groups is 1. The average Bonchev–Trinajstić information content (AvgIpc) is 3.33. The van der Waals surface area contributed by atoms with Gasteiger partial charge in [-0.05, 0) is 53.9 Å². The number of nitrogens with one attached hydrogen (secondary N) is 1. The fourth-order valence-electron chi connectivity index (χ4n) is 4.48. The fourth-order valence-corrected chi connectivity index (χ4v) is 4.48. The van der Waals surface area contributed by atoms with Crippen molar-refractivity contribution >= 4 is 17.7 Å². The summed E-state index contributed by atoms with van der Waals surface area (Å²) in [7, 11) is 3.53. The molecule has 3 heterocycles. The number of methoxy groups -OCH3 is 1. The maximum atomic E-state index is 13.0. The van der Waals surface area contributed by atoms with E-state index in [4.69, 9.17) is 4.74 Å². The van der Waals surface area contributed by atoms with E-state index in [0.29, 0.717) is 18.5 Å². The van der Waals surface area contributed by atoms with E-state index in [-0.39, 0.29) is 18.2 Å². The van der Waals surface area contributed by atoms with Gasteiger partial charge in [0.1, 0.15) is 11.8 Å². The third-order valence-electron chi connectivity index (χ3n) is 6.14. The quantitative estimate of drug-likeness (QED) is 0.642. The molecule has 1 saturated heterocycles. The molecular weight excluding hydrogens is 408 g/mol. The van der Waals surface area contributed by atoms with Crippen molar-refractivity contribution in [3.05, 3.63) is 59.8 Å². The van der Waals surface area contributed by atoms with Crippen LogP contribution >= 0.6 is 0 Å². The number of ether oxygens (including phenoxy) is 1. The predicted molar refractivity (Wildman–Crippen MR) is 117 cm³/mol. The second-order valence-electron chi connectivity index (χ2n) is 8.03. The molecule has 1 fully saturated rings. The highest BCUT2D eigenvalue weighted by atomic mass is 16.5. The van der Waals surface area contributed by atoms with Crippen molar-refractivity contribution in [1.29, 1.82) is 0 Å². The molecule has 0 radical (unpaired) electrons. The van der Waals surface area contributed by atoms with Gasteiger partial charge >= 0.3 is 0 Å². The molecule has 8 heteroatoms. The molecular formula is C24H22N4O4. The Kier molecular flexibility index (Phi) is 4.77. The zero-order valence-corrected chi connectivity index (χ0v) is 17.8. The third-order valence-corrected chi connectivity index (χ3v) is 6.14. The number of hydrogen-bond donors (Lipinski definition) is 1. The van der Waals surface area contributed by atoms with E-state index >= 15 is 0 Å². The van der Waals surface area contributed by atoms with E-state index in [1.165, 1.54) is 0 Å². The molecule has 162 valence electrons. The Morgan fingerprint density at radius 1 is 1.03 bits per heavy atom. The van der Waals surface area contributed by atoms with E-state index < -0.39 is 11.9 Å². The van der Waals surface area contributed by atoms with Crippen LogP contribution in [-0.2, 0) is 23.2 Å². The topological polar surface area (TPSA) is 93.5 Å². The van der Waals surface area contributed by atoms with Gasteiger partial charge in [-0.25, -0.2) is 0 Å². The van der Waals surface area contributed by atoms with Gasteiger partial charge in [0.05, 0.1) is 19.0 Å². The standard InChI is InChI=1S/C24H22N4O4/c1-27-22(14-3-6-17(32-2)7-4-14)19(12-25-27)15-5-8-18-16(11-15)13-28(24(18)31)20-9-10-21(29)26-23(20)30/h3-8,11-12,20H,9-10,13H2,1-2H3,(H,26,29,30). The van der Waals surface area contributed by atoms with Crippen molar-refractivity contribution in [2.45, 2.75) is 25.4 Å². The number of piperidine rings is 1. The van der Waals surface area contributed by atoms with E-state index in [2.05, 4.69) is 10.4 Å². The van der Waals surface area contributed by atoms with Gasteiger partial charge in [0.15, 0.2) is 0 Å². The fraction of sp³-hybridized carbons (Fsp3) is 0.250. The van der Waals surface area contributed by atoms with E-state index in [1.807, 2.05) is 60.4 Å². The highest BCUT2D eigenvalue weighted by molar-refractivity contribution is 6.05. The highest BCUT2D eigenvalue weighted by Gasteiger charge is 2.39. The Bertz CT molecular complexity index is 1250. The lowest BCUT2D eigenvalue weighted by Gasteiger charge is -2.29. The van der Waals surface area contributed by atoms with Gasteiger partial charge in [0.25, 0.3) is 5.91 Å². The summed E-state index contributed by atoms with van der Waals surface area (Å²) in [6.07, 6.45) is 2.40. The van der Waals surface area contributed by atoms with E-state index in [1.54, 1.807) is 12.0 Å². The van der Waals surface area contributed by atoms with Gasteiger partial charge in [-0.3, -0.25) is 24.4 Å². The number of amides is 3. The van der Waals surface area contributed by atoms with Crippen molar-refractivity contribution < 1.29 is 19.1 Å². The summed E-state index contributed by atoms with van der Waals surface area (Å²) in [5.41, 5.74) is 5.31. The zero-order valence-electron chi connectivity index (χ0n) is 17.8. The first-order valence-electron chi connectivity index (χ1n) is 10.4. The molecule has 1 unspecified atom stereocenters. The minimum Gasteiger partial charge on any atom is -0.497 e. The maximum Gasteiger partial charge on any atom is 0.255 e. The Morgan fingerprint density at radius 3 is 2.50 bits per heavy atom. The number of nitrogens with zero attached hydrogens (tertiary/aromatic N) is 3. The number of carbonyl (C=O) groups excluding carboxylic acids is 3. The first-order valence-corrected chi connectivity index (χ1v) is 10.4. The normalized spacial score (nSPS) is 18.0. The SMILES string of the molecule is COc1ccc(-c2c(-c3ccc4c(c3)CN(C3CCC(=O)NC3=O)C4=O)cnn2C)cc1. The lowest BCUT2D eigenvalue weighted by Crippen LogP contribution is -2.52. The number of aryl methyl sites for hydroxylation is 1. The van der Waals surface area contributed by atoms with Gasteiger partial charge < -0.3 is 9.64 Å². The summed E-state index contributed by atoms with van der Waals surface area (Å²) >= 11 is 0. The number of rotatable bonds is 4. The highest BCUT2D eigenvalue weighted by Crippen LogP contribution is 2.36. The lowest BCUT2D eigenvalue weighted by atomic mass is 9.98. The summed E-state index contributed by atoms with van der Waals surface area (Å²) in [6.45, 7) is 0.340. The Balaban J connectivity index is 1.47. The molecule has 1 atom stereocenters. The lowest BCUT2D eigenvalue weighted by molar-refractivity contribution is -0.136. The van der Waals surface area contributed by atoms with Crippen LogP contribution in [0.2, 0.25) is 0 Å². The van der Waals surface area contributed by atoms with Gasteiger partial charge in [-0.2, -0.15) is 5.10 Å². The molecule has 0 saturated carbocycles. The van der Waals surface area contributed by atoms with Gasteiger partial charge in [0.2, 0.25) is 11.8 Å². The minimum atomic E-state index is -0.621. The molecule has 5 rings (SSSR count). The smallest absolute Gasteiger partial charge is 0.255 e. The van der Waals surface area contributed by atoms with Crippen LogP contribution < -0.4 is 10.1 Å². The van der Waals surface area contributed by atoms with Crippen LogP contribution in [0.4, 0.5) is 0 Å². The Labute approximate surface area is 184 Å². The van der Waals surface area contributed by atoms with Crippen LogP contribution in [0.15, 0.2) is 48.7 Å². The first-order chi connectivity index (χ1) is 15.5. The summed E-state index contributed by atoms with van der Waals surface area (Å²) < 4.78 is 7.08. The predicted octanol–water partition coefficient (Wildman–Crippen LogP) is 2.52. The third kappa shape index (κ3) is 3.24. The Hall–Kier alpha value is -3.94. The van der Waals surface area contributed by atoms with E-state index in [9.17, 15) is 14.4 Å². The van der Waals surface area contributed by atoms with Crippen molar-refractivity contribution in [3.63, 3.8) is 0 Å². The molecule has 1 N–H and O–H groups in total. The van der Waals surface area contributed by atoms with Crippen LogP contribution in [0, 0.1) is 0 Å².